The van der Waals surface area contributed by atoms with Crippen LogP contribution < -0.4 is 10.3 Å². The summed E-state index contributed by atoms with van der Waals surface area (Å²) in [5.41, 5.74) is -0.463. The Kier molecular flexibility index (Phi) is 2.00. The monoisotopic (exact) mass is 154 g/mol. The van der Waals surface area contributed by atoms with E-state index in [0.29, 0.717) is 0 Å². The van der Waals surface area contributed by atoms with Gasteiger partial charge in [0.05, 0.1) is 12.5 Å². The highest BCUT2D eigenvalue weighted by molar-refractivity contribution is 5.68. The van der Waals surface area contributed by atoms with Crippen LogP contribution in [-0.4, -0.2) is 15.9 Å². The van der Waals surface area contributed by atoms with E-state index in [1.807, 2.05) is 0 Å². The van der Waals surface area contributed by atoms with E-state index in [-0.39, 0.29) is 5.75 Å². The van der Waals surface area contributed by atoms with Crippen LogP contribution in [0, 0.1) is 0 Å². The van der Waals surface area contributed by atoms with E-state index in [2.05, 4.69) is 14.7 Å². The molecule has 0 bridgehead atoms. The van der Waals surface area contributed by atoms with Crippen molar-refractivity contribution in [3.8, 4) is 5.75 Å². The first-order chi connectivity index (χ1) is 5.20. The van der Waals surface area contributed by atoms with Gasteiger partial charge in [-0.2, -0.15) is 0 Å². The van der Waals surface area contributed by atoms with E-state index >= 15 is 0 Å². The second-order valence-electron chi connectivity index (χ2n) is 1.84. The standard InChI is InChI=1S/C6H6N2O3/c1-4(9)11-5-2-7-3-8-6(5)10/h2-3H,1H3,(H,7,8,10). The Labute approximate surface area is 62.0 Å². The molecule has 5 heteroatoms. The maximum absolute atomic E-state index is 10.8. The Morgan fingerprint density at radius 3 is 3.00 bits per heavy atom. The van der Waals surface area contributed by atoms with Gasteiger partial charge in [-0.3, -0.25) is 9.59 Å². The van der Waals surface area contributed by atoms with E-state index < -0.39 is 11.5 Å². The molecule has 0 aromatic carbocycles. The molecule has 1 rings (SSSR count). The molecule has 0 unspecified atom stereocenters. The minimum Gasteiger partial charge on any atom is -0.419 e. The zero-order chi connectivity index (χ0) is 8.27. The van der Waals surface area contributed by atoms with E-state index in [4.69, 9.17) is 0 Å². The van der Waals surface area contributed by atoms with Gasteiger partial charge in [0.25, 0.3) is 5.56 Å². The number of nitrogens with one attached hydrogen (secondary N) is 1. The van der Waals surface area contributed by atoms with E-state index in [1.54, 1.807) is 0 Å². The Bertz CT molecular complexity index is 318. The number of rotatable bonds is 1. The maximum atomic E-state index is 10.8. The van der Waals surface area contributed by atoms with Gasteiger partial charge in [0.2, 0.25) is 5.75 Å². The molecule has 1 heterocycles. The van der Waals surface area contributed by atoms with Crippen molar-refractivity contribution in [1.82, 2.24) is 9.97 Å². The van der Waals surface area contributed by atoms with Crippen LogP contribution >= 0.6 is 0 Å². The molecule has 0 aliphatic carbocycles. The molecule has 58 valence electrons. The normalized spacial score (nSPS) is 9.18. The molecular formula is C6H6N2O3. The van der Waals surface area contributed by atoms with Crippen molar-refractivity contribution in [2.75, 3.05) is 0 Å². The molecule has 1 aromatic rings. The maximum Gasteiger partial charge on any atom is 0.308 e. The highest BCUT2D eigenvalue weighted by Crippen LogP contribution is 1.96. The molecule has 1 N–H and O–H groups in total. The van der Waals surface area contributed by atoms with Gasteiger partial charge < -0.3 is 9.72 Å². The molecule has 0 fully saturated rings. The van der Waals surface area contributed by atoms with Crippen LogP contribution in [0.4, 0.5) is 0 Å². The summed E-state index contributed by atoms with van der Waals surface area (Å²) in [7, 11) is 0. The quantitative estimate of drug-likeness (QED) is 0.563. The highest BCUT2D eigenvalue weighted by atomic mass is 16.5. The van der Waals surface area contributed by atoms with Crippen molar-refractivity contribution in [1.29, 1.82) is 0 Å². The van der Waals surface area contributed by atoms with Crippen molar-refractivity contribution in [2.24, 2.45) is 0 Å². The van der Waals surface area contributed by atoms with Crippen LogP contribution in [0.25, 0.3) is 0 Å². The Morgan fingerprint density at radius 2 is 2.45 bits per heavy atom. The van der Waals surface area contributed by atoms with Gasteiger partial charge in [-0.25, -0.2) is 4.98 Å². The molecule has 0 saturated heterocycles. The summed E-state index contributed by atoms with van der Waals surface area (Å²) in [6, 6.07) is 0. The molecule has 0 atom stereocenters. The number of hydrogen-bond acceptors (Lipinski definition) is 4. The van der Waals surface area contributed by atoms with Gasteiger partial charge in [-0.05, 0) is 0 Å². The van der Waals surface area contributed by atoms with Gasteiger partial charge in [-0.1, -0.05) is 0 Å². The van der Waals surface area contributed by atoms with Crippen molar-refractivity contribution >= 4 is 5.97 Å². The number of carbonyl (C=O) groups excluding carboxylic acids is 1. The molecule has 0 aliphatic heterocycles. The first kappa shape index (κ1) is 7.46. The largest absolute Gasteiger partial charge is 0.419 e. The topological polar surface area (TPSA) is 72.0 Å². The molecule has 0 radical (unpaired) electrons. The van der Waals surface area contributed by atoms with Gasteiger partial charge in [0, 0.05) is 6.92 Å². The van der Waals surface area contributed by atoms with Crippen molar-refractivity contribution in [2.45, 2.75) is 6.92 Å². The lowest BCUT2D eigenvalue weighted by molar-refractivity contribution is -0.132. The molecule has 1 aromatic heterocycles. The van der Waals surface area contributed by atoms with E-state index in [1.165, 1.54) is 19.4 Å². The highest BCUT2D eigenvalue weighted by Gasteiger charge is 2.01. The van der Waals surface area contributed by atoms with Crippen LogP contribution in [0.3, 0.4) is 0 Å². The average molecular weight is 154 g/mol. The summed E-state index contributed by atoms with van der Waals surface area (Å²) >= 11 is 0. The first-order valence-electron chi connectivity index (χ1n) is 2.91. The smallest absolute Gasteiger partial charge is 0.308 e. The number of esters is 1. The first-order valence-corrected chi connectivity index (χ1v) is 2.91. The molecular weight excluding hydrogens is 148 g/mol. The third kappa shape index (κ3) is 1.89. The summed E-state index contributed by atoms with van der Waals surface area (Å²) in [5, 5.41) is 0. The SMILES string of the molecule is CC(=O)Oc1cnc[nH]c1=O. The molecule has 0 amide bonds. The third-order valence-corrected chi connectivity index (χ3v) is 0.939. The van der Waals surface area contributed by atoms with Crippen molar-refractivity contribution in [3.05, 3.63) is 22.9 Å². The van der Waals surface area contributed by atoms with Gasteiger partial charge in [0.15, 0.2) is 0 Å². The van der Waals surface area contributed by atoms with Crippen LogP contribution in [0.1, 0.15) is 6.92 Å². The Morgan fingerprint density at radius 1 is 1.73 bits per heavy atom. The van der Waals surface area contributed by atoms with Crippen molar-refractivity contribution < 1.29 is 9.53 Å². The lowest BCUT2D eigenvalue weighted by Gasteiger charge is -1.95. The fraction of sp³-hybridized carbons (Fsp3) is 0.167. The van der Waals surface area contributed by atoms with E-state index in [9.17, 15) is 9.59 Å². The van der Waals surface area contributed by atoms with E-state index in [0.717, 1.165) is 0 Å². The Balaban J connectivity index is 2.95. The summed E-state index contributed by atoms with van der Waals surface area (Å²) < 4.78 is 4.50. The fourth-order valence-corrected chi connectivity index (χ4v) is 0.558. The zero-order valence-electron chi connectivity index (χ0n) is 5.83. The summed E-state index contributed by atoms with van der Waals surface area (Å²) in [5.74, 6) is -0.622. The predicted octanol–water partition coefficient (Wildman–Crippen LogP) is -0.305. The van der Waals surface area contributed by atoms with Crippen molar-refractivity contribution in [3.63, 3.8) is 0 Å². The summed E-state index contributed by atoms with van der Waals surface area (Å²) in [6.45, 7) is 1.21. The molecule has 11 heavy (non-hydrogen) atoms. The number of nitrogens with zero attached hydrogens (tertiary/aromatic N) is 1. The fourth-order valence-electron chi connectivity index (χ4n) is 0.558. The van der Waals surface area contributed by atoms with Gasteiger partial charge >= 0.3 is 5.97 Å². The van der Waals surface area contributed by atoms with Crippen LogP contribution in [-0.2, 0) is 4.79 Å². The lowest BCUT2D eigenvalue weighted by atomic mass is 10.6. The van der Waals surface area contributed by atoms with Gasteiger partial charge in [0.1, 0.15) is 0 Å². The number of hydrogen-bond donors (Lipinski definition) is 1. The van der Waals surface area contributed by atoms with Crippen LogP contribution in [0.2, 0.25) is 0 Å². The number of aromatic nitrogens is 2. The van der Waals surface area contributed by atoms with Crippen LogP contribution in [0.5, 0.6) is 5.75 Å². The second-order valence-corrected chi connectivity index (χ2v) is 1.84. The Hall–Kier alpha value is -1.65. The number of aromatic amines is 1. The minimum atomic E-state index is -0.538. The number of carbonyl (C=O) groups is 1. The molecule has 0 spiro atoms. The second kappa shape index (κ2) is 2.96. The number of ether oxygens (including phenoxy) is 1. The summed E-state index contributed by atoms with van der Waals surface area (Å²) in [4.78, 5) is 27.0. The predicted molar refractivity (Wildman–Crippen MR) is 36.2 cm³/mol. The average Bonchev–Trinajstić information content (AvgIpc) is 1.93. The zero-order valence-corrected chi connectivity index (χ0v) is 5.83. The third-order valence-electron chi connectivity index (χ3n) is 0.939. The minimum absolute atomic E-state index is 0.0833. The molecule has 5 nitrogen and oxygen atoms in total. The summed E-state index contributed by atoms with van der Waals surface area (Å²) in [6.07, 6.45) is 2.40. The lowest BCUT2D eigenvalue weighted by Crippen LogP contribution is -2.13. The molecule has 0 saturated carbocycles. The van der Waals surface area contributed by atoms with Crippen LogP contribution in [0.15, 0.2) is 17.3 Å². The van der Waals surface area contributed by atoms with Gasteiger partial charge in [-0.15, -0.1) is 0 Å². The number of H-pyrrole nitrogens is 1. The molecule has 0 aliphatic rings.